The van der Waals surface area contributed by atoms with E-state index < -0.39 is 11.4 Å². The second-order valence-electron chi connectivity index (χ2n) is 8.77. The van der Waals surface area contributed by atoms with E-state index in [1.165, 1.54) is 18.4 Å². The highest BCUT2D eigenvalue weighted by Gasteiger charge is 2.60. The predicted octanol–water partition coefficient (Wildman–Crippen LogP) is 4.86. The van der Waals surface area contributed by atoms with Gasteiger partial charge in [0, 0.05) is 6.42 Å². The van der Waals surface area contributed by atoms with Crippen LogP contribution < -0.4 is 0 Å². The van der Waals surface area contributed by atoms with E-state index >= 15 is 0 Å². The maximum atomic E-state index is 12.0. The zero-order valence-electron chi connectivity index (χ0n) is 14.5. The largest absolute Gasteiger partial charge is 0.481 e. The van der Waals surface area contributed by atoms with Crippen LogP contribution in [-0.4, -0.2) is 11.1 Å². The van der Waals surface area contributed by atoms with Crippen LogP contribution in [0.3, 0.4) is 0 Å². The zero-order chi connectivity index (χ0) is 16.4. The van der Waals surface area contributed by atoms with Gasteiger partial charge in [0.1, 0.15) is 5.76 Å². The van der Waals surface area contributed by atoms with Gasteiger partial charge in [0.2, 0.25) is 0 Å². The molecular formula is C20H28O3. The molecule has 2 fully saturated rings. The van der Waals surface area contributed by atoms with Crippen molar-refractivity contribution in [2.24, 2.45) is 28.6 Å². The number of carboxylic acid groups (broad SMARTS) is 1. The summed E-state index contributed by atoms with van der Waals surface area (Å²) in [5.74, 6) is 2.65. The molecule has 0 spiro atoms. The average molecular weight is 316 g/mol. The Hall–Kier alpha value is -1.25. The lowest BCUT2D eigenvalue weighted by Gasteiger charge is -2.60. The van der Waals surface area contributed by atoms with E-state index in [1.807, 2.05) is 13.2 Å². The summed E-state index contributed by atoms with van der Waals surface area (Å²) in [6.45, 7) is 6.73. The number of hydrogen-bond donors (Lipinski definition) is 1. The summed E-state index contributed by atoms with van der Waals surface area (Å²) in [7, 11) is 0. The molecule has 126 valence electrons. The summed E-state index contributed by atoms with van der Waals surface area (Å²) < 4.78 is 5.78. The van der Waals surface area contributed by atoms with Gasteiger partial charge in [-0.1, -0.05) is 20.3 Å². The van der Waals surface area contributed by atoms with Crippen molar-refractivity contribution in [1.82, 2.24) is 0 Å². The van der Waals surface area contributed by atoms with Gasteiger partial charge in [-0.3, -0.25) is 4.79 Å². The number of rotatable bonds is 1. The van der Waals surface area contributed by atoms with Crippen molar-refractivity contribution < 1.29 is 14.3 Å². The molecule has 4 rings (SSSR count). The molecule has 1 aromatic heterocycles. The molecule has 1 N–H and O–H groups in total. The number of furan rings is 1. The summed E-state index contributed by atoms with van der Waals surface area (Å²) >= 11 is 0. The fourth-order valence-electron chi connectivity index (χ4n) is 6.65. The SMILES string of the molecule is C[C@H]1c2ccoc2C[C@@H]2[C@H]1CC[C@H]1[C@]2(C)CCC[C@@]1(C)C(=O)O. The van der Waals surface area contributed by atoms with E-state index in [1.54, 1.807) is 0 Å². The molecule has 3 heteroatoms. The van der Waals surface area contributed by atoms with Crippen molar-refractivity contribution in [3.8, 4) is 0 Å². The van der Waals surface area contributed by atoms with Gasteiger partial charge in [-0.15, -0.1) is 0 Å². The molecule has 0 bridgehead atoms. The summed E-state index contributed by atoms with van der Waals surface area (Å²) in [5, 5.41) is 9.91. The molecule has 0 unspecified atom stereocenters. The molecule has 0 aliphatic heterocycles. The first kappa shape index (κ1) is 15.3. The van der Waals surface area contributed by atoms with E-state index in [-0.39, 0.29) is 5.41 Å². The first-order valence-corrected chi connectivity index (χ1v) is 9.17. The number of fused-ring (bicyclic) bond motifs is 4. The monoisotopic (exact) mass is 316 g/mol. The minimum atomic E-state index is -0.588. The Bertz CT molecular complexity index is 633. The second kappa shape index (κ2) is 4.87. The second-order valence-corrected chi connectivity index (χ2v) is 8.77. The Labute approximate surface area is 138 Å². The molecule has 0 radical (unpaired) electrons. The number of aliphatic carboxylic acids is 1. The lowest BCUT2D eigenvalue weighted by Crippen LogP contribution is -2.56. The molecule has 3 aliphatic rings. The van der Waals surface area contributed by atoms with Crippen LogP contribution in [0.25, 0.3) is 0 Å². The number of carboxylic acids is 1. The van der Waals surface area contributed by atoms with E-state index in [9.17, 15) is 9.90 Å². The topological polar surface area (TPSA) is 50.4 Å². The molecule has 0 saturated heterocycles. The van der Waals surface area contributed by atoms with Gasteiger partial charge in [0.15, 0.2) is 0 Å². The number of carbonyl (C=O) groups is 1. The van der Waals surface area contributed by atoms with Gasteiger partial charge in [-0.05, 0) is 73.3 Å². The highest BCUT2D eigenvalue weighted by Crippen LogP contribution is 2.64. The first-order chi connectivity index (χ1) is 10.9. The van der Waals surface area contributed by atoms with E-state index in [4.69, 9.17) is 4.42 Å². The predicted molar refractivity (Wildman–Crippen MR) is 88.2 cm³/mol. The van der Waals surface area contributed by atoms with Crippen molar-refractivity contribution in [2.45, 2.75) is 65.2 Å². The van der Waals surface area contributed by atoms with Gasteiger partial charge >= 0.3 is 5.97 Å². The van der Waals surface area contributed by atoms with Crippen molar-refractivity contribution in [3.05, 3.63) is 23.7 Å². The molecule has 0 aromatic carbocycles. The molecule has 1 aromatic rings. The molecule has 3 nitrogen and oxygen atoms in total. The first-order valence-electron chi connectivity index (χ1n) is 9.17. The van der Waals surface area contributed by atoms with Gasteiger partial charge < -0.3 is 9.52 Å². The quantitative estimate of drug-likeness (QED) is 0.804. The van der Waals surface area contributed by atoms with E-state index in [0.29, 0.717) is 23.7 Å². The normalized spacial score (nSPS) is 45.7. The van der Waals surface area contributed by atoms with Crippen LogP contribution >= 0.6 is 0 Å². The molecule has 1 heterocycles. The molecule has 3 aliphatic carbocycles. The van der Waals surface area contributed by atoms with Crippen molar-refractivity contribution in [3.63, 3.8) is 0 Å². The minimum Gasteiger partial charge on any atom is -0.481 e. The molecule has 6 atom stereocenters. The summed E-state index contributed by atoms with van der Waals surface area (Å²) in [4.78, 5) is 12.0. The van der Waals surface area contributed by atoms with E-state index in [0.717, 1.165) is 31.4 Å². The van der Waals surface area contributed by atoms with Gasteiger partial charge in [0.25, 0.3) is 0 Å². The smallest absolute Gasteiger partial charge is 0.309 e. The van der Waals surface area contributed by atoms with Gasteiger partial charge in [0.05, 0.1) is 11.7 Å². The van der Waals surface area contributed by atoms with Gasteiger partial charge in [-0.25, -0.2) is 0 Å². The summed E-state index contributed by atoms with van der Waals surface area (Å²) in [5.41, 5.74) is 0.975. The van der Waals surface area contributed by atoms with Crippen molar-refractivity contribution in [2.75, 3.05) is 0 Å². The fourth-order valence-corrected chi connectivity index (χ4v) is 6.65. The van der Waals surface area contributed by atoms with Crippen molar-refractivity contribution in [1.29, 1.82) is 0 Å². The Morgan fingerprint density at radius 3 is 2.83 bits per heavy atom. The van der Waals surface area contributed by atoms with Crippen LogP contribution in [0.1, 0.15) is 70.1 Å². The van der Waals surface area contributed by atoms with Gasteiger partial charge in [-0.2, -0.15) is 0 Å². The van der Waals surface area contributed by atoms with Crippen LogP contribution in [0, 0.1) is 28.6 Å². The Balaban J connectivity index is 1.75. The standard InChI is InChI=1S/C20H28O3/c1-12-13-5-6-17-19(2,8-4-9-20(17,3)18(21)22)15(13)11-16-14(12)7-10-23-16/h7,10,12-13,15,17H,4-6,8-9,11H2,1-3H3,(H,21,22)/t12-,13+,15-,17+,19-,20-/m1/s1. The highest BCUT2D eigenvalue weighted by molar-refractivity contribution is 5.75. The minimum absolute atomic E-state index is 0.132. The average Bonchev–Trinajstić information content (AvgIpc) is 2.96. The lowest BCUT2D eigenvalue weighted by molar-refractivity contribution is -0.171. The number of hydrogen-bond acceptors (Lipinski definition) is 2. The zero-order valence-corrected chi connectivity index (χ0v) is 14.5. The Morgan fingerprint density at radius 1 is 1.30 bits per heavy atom. The Kier molecular flexibility index (Phi) is 3.24. The molecule has 23 heavy (non-hydrogen) atoms. The summed E-state index contributed by atoms with van der Waals surface area (Å²) in [6.07, 6.45) is 8.11. The van der Waals surface area contributed by atoms with E-state index in [2.05, 4.69) is 19.9 Å². The molecule has 2 saturated carbocycles. The highest BCUT2D eigenvalue weighted by atomic mass is 16.4. The lowest BCUT2D eigenvalue weighted by atomic mass is 9.43. The van der Waals surface area contributed by atoms with Crippen LogP contribution in [0.2, 0.25) is 0 Å². The maximum absolute atomic E-state index is 12.0. The van der Waals surface area contributed by atoms with Crippen LogP contribution in [0.15, 0.2) is 16.7 Å². The third kappa shape index (κ3) is 1.91. The van der Waals surface area contributed by atoms with Crippen LogP contribution in [0.4, 0.5) is 0 Å². The van der Waals surface area contributed by atoms with Crippen molar-refractivity contribution >= 4 is 5.97 Å². The molecular weight excluding hydrogens is 288 g/mol. The fraction of sp³-hybridized carbons (Fsp3) is 0.750. The Morgan fingerprint density at radius 2 is 2.09 bits per heavy atom. The molecule has 0 amide bonds. The maximum Gasteiger partial charge on any atom is 0.309 e. The summed E-state index contributed by atoms with van der Waals surface area (Å²) in [6, 6.07) is 2.15. The van der Waals surface area contributed by atoms with Crippen LogP contribution in [0.5, 0.6) is 0 Å². The third-order valence-corrected chi connectivity index (χ3v) is 7.94. The third-order valence-electron chi connectivity index (χ3n) is 7.94. The van der Waals surface area contributed by atoms with Crippen LogP contribution in [-0.2, 0) is 11.2 Å².